The molecule has 0 saturated heterocycles. The fourth-order valence-corrected chi connectivity index (χ4v) is 7.09. The van der Waals surface area contributed by atoms with Gasteiger partial charge in [0.25, 0.3) is 0 Å². The molecular weight excluding hydrogens is 675 g/mol. The minimum atomic E-state index is -4.27. The third kappa shape index (κ3) is 38.5. The van der Waals surface area contributed by atoms with Crippen LogP contribution in [0.1, 0.15) is 226 Å². The number of esters is 2. The largest absolute Gasteiger partial charge is 0.472 e. The first-order chi connectivity index (χ1) is 25.3. The Balaban J connectivity index is 3.93. The van der Waals surface area contributed by atoms with Gasteiger partial charge in [0.2, 0.25) is 0 Å². The van der Waals surface area contributed by atoms with Crippen molar-refractivity contribution in [2.45, 2.75) is 232 Å². The van der Waals surface area contributed by atoms with E-state index in [1.807, 2.05) is 0 Å². The van der Waals surface area contributed by atoms with Crippen LogP contribution in [0.2, 0.25) is 0 Å². The lowest BCUT2D eigenvalue weighted by atomic mass is 10.0. The number of ether oxygens (including phenoxy) is 2. The lowest BCUT2D eigenvalue weighted by Crippen LogP contribution is -2.29. The number of carbonyl (C=O) groups excluding carboxylic acids is 2. The topological polar surface area (TPSA) is 108 Å². The van der Waals surface area contributed by atoms with Gasteiger partial charge in [0.15, 0.2) is 6.10 Å². The zero-order valence-corrected chi connectivity index (χ0v) is 35.1. The summed E-state index contributed by atoms with van der Waals surface area (Å²) in [6.07, 6.45) is 41.4. The van der Waals surface area contributed by atoms with Crippen molar-refractivity contribution in [3.63, 3.8) is 0 Å². The Morgan fingerprint density at radius 2 is 0.865 bits per heavy atom. The Morgan fingerprint density at radius 3 is 1.27 bits per heavy atom. The van der Waals surface area contributed by atoms with Crippen molar-refractivity contribution in [3.8, 4) is 0 Å². The Hall–Kier alpha value is -1.21. The second-order valence-corrected chi connectivity index (χ2v) is 16.2. The molecule has 0 bridgehead atoms. The van der Waals surface area contributed by atoms with E-state index in [-0.39, 0.29) is 32.2 Å². The van der Waals surface area contributed by atoms with E-state index in [4.69, 9.17) is 18.5 Å². The molecule has 0 aliphatic rings. The van der Waals surface area contributed by atoms with Crippen molar-refractivity contribution >= 4 is 19.8 Å². The van der Waals surface area contributed by atoms with E-state index in [1.165, 1.54) is 154 Å². The molecule has 308 valence electrons. The van der Waals surface area contributed by atoms with Gasteiger partial charge in [-0.1, -0.05) is 180 Å². The van der Waals surface area contributed by atoms with Gasteiger partial charge in [-0.3, -0.25) is 18.6 Å². The summed E-state index contributed by atoms with van der Waals surface area (Å²) >= 11 is 0. The first-order valence-electron chi connectivity index (χ1n) is 22.0. The highest BCUT2D eigenvalue weighted by atomic mass is 31.2. The number of hydrogen-bond donors (Lipinski definition) is 1. The van der Waals surface area contributed by atoms with Crippen LogP contribution in [0.15, 0.2) is 12.2 Å². The Bertz CT molecular complexity index is 864. The zero-order valence-electron chi connectivity index (χ0n) is 34.2. The fourth-order valence-electron chi connectivity index (χ4n) is 6.33. The average molecular weight is 759 g/mol. The smallest absolute Gasteiger partial charge is 0.462 e. The SMILES string of the molecule is CCCCCCCCCC/C=C\CCCCCCCCCCCCCC(=O)OC(COC(=O)CCCCCCCCCCC)COP(=O)(O)OCC. The number of phosphoric ester groups is 1. The first kappa shape index (κ1) is 50.8. The summed E-state index contributed by atoms with van der Waals surface area (Å²) < 4.78 is 32.6. The molecule has 0 aromatic carbocycles. The van der Waals surface area contributed by atoms with Gasteiger partial charge in [0.05, 0.1) is 13.2 Å². The van der Waals surface area contributed by atoms with Gasteiger partial charge in [0.1, 0.15) is 6.61 Å². The first-order valence-corrected chi connectivity index (χ1v) is 23.5. The number of rotatable bonds is 41. The van der Waals surface area contributed by atoms with Crippen LogP contribution in [0.5, 0.6) is 0 Å². The molecule has 0 rings (SSSR count). The Kier molecular flexibility index (Phi) is 38.6. The van der Waals surface area contributed by atoms with Crippen LogP contribution in [0, 0.1) is 0 Å². The summed E-state index contributed by atoms with van der Waals surface area (Å²) in [5.74, 6) is -0.792. The summed E-state index contributed by atoms with van der Waals surface area (Å²) in [6, 6.07) is 0. The van der Waals surface area contributed by atoms with Crippen molar-refractivity contribution in [2.75, 3.05) is 19.8 Å². The minimum Gasteiger partial charge on any atom is -0.462 e. The summed E-state index contributed by atoms with van der Waals surface area (Å²) in [5.41, 5.74) is 0. The van der Waals surface area contributed by atoms with Crippen LogP contribution < -0.4 is 0 Å². The fraction of sp³-hybridized carbons (Fsp3) is 0.907. The number of unbranched alkanes of at least 4 members (excludes halogenated alkanes) is 27. The number of phosphoric acid groups is 1. The average Bonchev–Trinajstić information content (AvgIpc) is 3.12. The van der Waals surface area contributed by atoms with Crippen molar-refractivity contribution < 1.29 is 37.6 Å². The predicted molar refractivity (Wildman–Crippen MR) is 216 cm³/mol. The number of hydrogen-bond acceptors (Lipinski definition) is 7. The zero-order chi connectivity index (χ0) is 38.2. The van der Waals surface area contributed by atoms with Crippen molar-refractivity contribution in [2.24, 2.45) is 0 Å². The van der Waals surface area contributed by atoms with Crippen LogP contribution in [0.3, 0.4) is 0 Å². The third-order valence-electron chi connectivity index (χ3n) is 9.57. The van der Waals surface area contributed by atoms with Gasteiger partial charge in [-0.2, -0.15) is 0 Å². The minimum absolute atomic E-state index is 0.00347. The molecule has 1 N–H and O–H groups in total. The normalized spacial score (nSPS) is 13.4. The molecule has 0 radical (unpaired) electrons. The molecule has 0 fully saturated rings. The maximum Gasteiger partial charge on any atom is 0.472 e. The Morgan fingerprint density at radius 1 is 0.500 bits per heavy atom. The molecule has 52 heavy (non-hydrogen) atoms. The van der Waals surface area contributed by atoms with E-state index >= 15 is 0 Å². The predicted octanol–water partition coefficient (Wildman–Crippen LogP) is 13.7. The van der Waals surface area contributed by atoms with Crippen molar-refractivity contribution in [1.29, 1.82) is 0 Å². The highest BCUT2D eigenvalue weighted by molar-refractivity contribution is 7.47. The van der Waals surface area contributed by atoms with Crippen LogP contribution in [0.25, 0.3) is 0 Å². The van der Waals surface area contributed by atoms with E-state index in [2.05, 4.69) is 26.0 Å². The summed E-state index contributed by atoms with van der Waals surface area (Å²) in [5, 5.41) is 0. The van der Waals surface area contributed by atoms with Gasteiger partial charge >= 0.3 is 19.8 Å². The molecule has 0 aromatic heterocycles. The van der Waals surface area contributed by atoms with E-state index in [9.17, 15) is 19.0 Å². The Labute approximate surface area is 320 Å². The van der Waals surface area contributed by atoms with Gasteiger partial charge in [-0.25, -0.2) is 4.57 Å². The molecule has 8 nitrogen and oxygen atoms in total. The molecule has 0 heterocycles. The highest BCUT2D eigenvalue weighted by Crippen LogP contribution is 2.43. The summed E-state index contributed by atoms with van der Waals surface area (Å²) in [7, 11) is -4.27. The highest BCUT2D eigenvalue weighted by Gasteiger charge is 2.25. The molecule has 0 spiro atoms. The van der Waals surface area contributed by atoms with Crippen molar-refractivity contribution in [3.05, 3.63) is 12.2 Å². The summed E-state index contributed by atoms with van der Waals surface area (Å²) in [4.78, 5) is 34.6. The molecule has 0 aliphatic carbocycles. The van der Waals surface area contributed by atoms with Gasteiger partial charge in [0, 0.05) is 12.8 Å². The van der Waals surface area contributed by atoms with Gasteiger partial charge in [-0.05, 0) is 45.4 Å². The lowest BCUT2D eigenvalue weighted by Gasteiger charge is -2.19. The van der Waals surface area contributed by atoms with E-state index in [1.54, 1.807) is 6.92 Å². The molecule has 0 aliphatic heterocycles. The maximum atomic E-state index is 12.5. The van der Waals surface area contributed by atoms with Gasteiger partial charge < -0.3 is 14.4 Å². The number of allylic oxidation sites excluding steroid dienone is 2. The monoisotopic (exact) mass is 759 g/mol. The maximum absolute atomic E-state index is 12.5. The van der Waals surface area contributed by atoms with Crippen LogP contribution in [-0.4, -0.2) is 42.8 Å². The lowest BCUT2D eigenvalue weighted by molar-refractivity contribution is -0.161. The van der Waals surface area contributed by atoms with Crippen molar-refractivity contribution in [1.82, 2.24) is 0 Å². The molecule has 0 aromatic rings. The molecule has 0 saturated carbocycles. The molecule has 2 atom stereocenters. The second-order valence-electron chi connectivity index (χ2n) is 14.7. The van der Waals surface area contributed by atoms with Crippen LogP contribution in [0.4, 0.5) is 0 Å². The standard InChI is InChI=1S/C43H83O8P/c1-4-7-9-11-13-15-16-17-18-19-20-21-22-23-24-25-26-27-28-30-32-34-36-38-43(45)51-41(40-50-52(46,47)49-6-3)39-48-42(44)37-35-33-31-29-14-12-10-8-5-2/h19-20,41H,4-18,21-40H2,1-3H3,(H,46,47)/b20-19-. The second kappa shape index (κ2) is 39.5. The molecule has 9 heteroatoms. The molecule has 2 unspecified atom stereocenters. The van der Waals surface area contributed by atoms with Crippen LogP contribution >= 0.6 is 7.82 Å². The summed E-state index contributed by atoms with van der Waals surface area (Å²) in [6.45, 7) is 5.47. The van der Waals surface area contributed by atoms with Crippen LogP contribution in [-0.2, 0) is 32.7 Å². The van der Waals surface area contributed by atoms with Gasteiger partial charge in [-0.15, -0.1) is 0 Å². The molecular formula is C43H83O8P. The molecule has 0 amide bonds. The van der Waals surface area contributed by atoms with E-state index in [0.29, 0.717) is 6.42 Å². The quantitative estimate of drug-likeness (QED) is 0.0284. The third-order valence-corrected chi connectivity index (χ3v) is 10.6. The van der Waals surface area contributed by atoms with E-state index < -0.39 is 19.9 Å². The van der Waals surface area contributed by atoms with E-state index in [0.717, 1.165) is 38.5 Å². The number of carbonyl (C=O) groups is 2.